The first kappa shape index (κ1) is 36.9. The lowest BCUT2D eigenvalue weighted by atomic mass is 9.89. The molecule has 4 heterocycles. The fraction of sp³-hybridized carbons (Fsp3) is 0.455. The smallest absolute Gasteiger partial charge is 0.369 e. The molecule has 5 N–H and O–H groups in total. The lowest BCUT2D eigenvalue weighted by Gasteiger charge is -2.39. The predicted octanol–water partition coefficient (Wildman–Crippen LogP) is 3.28. The zero-order chi connectivity index (χ0) is 36.8. The van der Waals surface area contributed by atoms with Crippen LogP contribution in [0.1, 0.15) is 46.0 Å². The van der Waals surface area contributed by atoms with E-state index in [1.165, 1.54) is 26.8 Å². The Morgan fingerprint density at radius 2 is 1.75 bits per heavy atom. The third kappa shape index (κ3) is 7.40. The number of hydrogen-bond acceptors (Lipinski definition) is 7. The number of carbonyl (C=O) groups excluding carboxylic acids is 4. The molecule has 6 rings (SSSR count). The summed E-state index contributed by atoms with van der Waals surface area (Å²) >= 11 is 0.877. The fourth-order valence-electron chi connectivity index (χ4n) is 7.41. The van der Waals surface area contributed by atoms with Crippen LogP contribution in [0.3, 0.4) is 0 Å². The van der Waals surface area contributed by atoms with Crippen LogP contribution in [0.5, 0.6) is 0 Å². The normalized spacial score (nSPS) is 24.8. The summed E-state index contributed by atoms with van der Waals surface area (Å²) in [5.41, 5.74) is 1.16. The van der Waals surface area contributed by atoms with Crippen molar-refractivity contribution in [2.45, 2.75) is 55.4 Å². The van der Waals surface area contributed by atoms with E-state index in [0.717, 1.165) is 29.0 Å². The molecule has 0 bridgehead atoms. The van der Waals surface area contributed by atoms with Gasteiger partial charge in [-0.3, -0.25) is 28.6 Å². The van der Waals surface area contributed by atoms with E-state index in [1.54, 1.807) is 0 Å². The molecule has 5 atom stereocenters. The molecular weight excluding hydrogens is 717 g/mol. The Bertz CT molecular complexity index is 1880. The van der Waals surface area contributed by atoms with Gasteiger partial charge in [-0.2, -0.15) is 8.78 Å². The number of benzene rings is 2. The summed E-state index contributed by atoms with van der Waals surface area (Å²) in [6.07, 6.45) is -1.70. The molecule has 3 aliphatic rings. The minimum Gasteiger partial charge on any atom is -0.369 e. The van der Waals surface area contributed by atoms with Crippen LogP contribution in [0, 0.1) is 5.92 Å². The molecule has 0 spiro atoms. The number of nitrogens with zero attached hydrogens (tertiary/aromatic N) is 3. The van der Waals surface area contributed by atoms with E-state index in [9.17, 15) is 41.3 Å². The molecule has 12 nitrogen and oxygen atoms in total. The number of thiophene rings is 1. The monoisotopic (exact) mass is 753 g/mol. The maximum absolute atomic E-state index is 14.4. The molecule has 18 heteroatoms. The van der Waals surface area contributed by atoms with Crippen LogP contribution in [-0.4, -0.2) is 105 Å². The number of nitrogens with one attached hydrogen (secondary N) is 1. The molecule has 4 amide bonds. The van der Waals surface area contributed by atoms with Crippen LogP contribution in [0.2, 0.25) is 0 Å². The highest BCUT2D eigenvalue weighted by atomic mass is 32.1. The highest BCUT2D eigenvalue weighted by Gasteiger charge is 2.51. The van der Waals surface area contributed by atoms with Gasteiger partial charge in [-0.15, -0.1) is 11.3 Å². The topological polar surface area (TPSA) is 174 Å². The third-order valence-corrected chi connectivity index (χ3v) is 12.0. The van der Waals surface area contributed by atoms with Crippen LogP contribution >= 0.6 is 18.9 Å². The first-order valence-corrected chi connectivity index (χ1v) is 18.7. The zero-order valence-electron chi connectivity index (χ0n) is 27.0. The maximum atomic E-state index is 14.4. The number of nitrogens with two attached hydrogens (primary N) is 1. The lowest BCUT2D eigenvalue weighted by molar-refractivity contribution is -0.147. The predicted molar refractivity (Wildman–Crippen MR) is 178 cm³/mol. The van der Waals surface area contributed by atoms with E-state index in [2.05, 4.69) is 5.32 Å². The average Bonchev–Trinajstić information content (AvgIpc) is 3.82. The summed E-state index contributed by atoms with van der Waals surface area (Å²) in [6.45, 7) is -0.513. The van der Waals surface area contributed by atoms with E-state index in [4.69, 9.17) is 15.5 Å². The number of amides is 4. The van der Waals surface area contributed by atoms with Gasteiger partial charge in [-0.05, 0) is 48.4 Å². The molecule has 3 aliphatic heterocycles. The van der Waals surface area contributed by atoms with Gasteiger partial charge in [-0.1, -0.05) is 36.4 Å². The number of carbonyl (C=O) groups is 4. The number of likely N-dealkylation sites (tertiary alicyclic amines) is 1. The molecule has 51 heavy (non-hydrogen) atoms. The van der Waals surface area contributed by atoms with Crippen molar-refractivity contribution in [3.8, 4) is 0 Å². The van der Waals surface area contributed by atoms with Gasteiger partial charge in [0.25, 0.3) is 12.3 Å². The Morgan fingerprint density at radius 1 is 1.02 bits per heavy atom. The molecule has 0 radical (unpaired) electrons. The van der Waals surface area contributed by atoms with Crippen molar-refractivity contribution >= 4 is 52.6 Å². The third-order valence-electron chi connectivity index (χ3n) is 9.94. The number of hydrogen-bond donors (Lipinski definition) is 4. The van der Waals surface area contributed by atoms with Gasteiger partial charge in [-0.25, -0.2) is 8.78 Å². The molecule has 0 unspecified atom stereocenters. The van der Waals surface area contributed by atoms with Crippen LogP contribution in [0.15, 0.2) is 54.6 Å². The molecule has 3 saturated heterocycles. The SMILES string of the molecule is NC(=O)[C@@H]1CN(C(=O)[C@@H]2CC[C@@H]3CCN(CC(F)F)C[C@H](NC(=O)c4cc5cc(C(F)(F)P(=O)(O)O)ccc5s4)C(=O)N32)C[C@H]1c1ccccc1. The number of alkyl halides is 4. The summed E-state index contributed by atoms with van der Waals surface area (Å²) < 4.78 is 67.6. The fourth-order valence-corrected chi connectivity index (χ4v) is 8.83. The molecule has 0 saturated carbocycles. The van der Waals surface area contributed by atoms with Crippen molar-refractivity contribution in [3.63, 3.8) is 0 Å². The highest BCUT2D eigenvalue weighted by molar-refractivity contribution is 7.52. The van der Waals surface area contributed by atoms with Crippen molar-refractivity contribution in [2.24, 2.45) is 11.7 Å². The Kier molecular flexibility index (Phi) is 10.3. The van der Waals surface area contributed by atoms with E-state index < -0.39 is 73.6 Å². The molecule has 3 aromatic rings. The van der Waals surface area contributed by atoms with Gasteiger partial charge < -0.3 is 30.6 Å². The van der Waals surface area contributed by atoms with Gasteiger partial charge in [0.05, 0.1) is 17.3 Å². The van der Waals surface area contributed by atoms with Gasteiger partial charge in [0, 0.05) is 48.4 Å². The quantitative estimate of drug-likeness (QED) is 0.190. The maximum Gasteiger partial charge on any atom is 0.399 e. The van der Waals surface area contributed by atoms with Crippen molar-refractivity contribution in [1.82, 2.24) is 20.0 Å². The Balaban J connectivity index is 1.25. The second-order valence-corrected chi connectivity index (χ2v) is 15.9. The summed E-state index contributed by atoms with van der Waals surface area (Å²) in [5.74, 6) is -3.37. The van der Waals surface area contributed by atoms with Crippen molar-refractivity contribution in [2.75, 3.05) is 32.7 Å². The molecule has 2 aromatic carbocycles. The van der Waals surface area contributed by atoms with Crippen molar-refractivity contribution < 1.29 is 51.1 Å². The lowest BCUT2D eigenvalue weighted by Crippen LogP contribution is -2.61. The second-order valence-electron chi connectivity index (χ2n) is 13.2. The van der Waals surface area contributed by atoms with E-state index in [1.807, 2.05) is 30.3 Å². The number of fused-ring (bicyclic) bond motifs is 2. The summed E-state index contributed by atoms with van der Waals surface area (Å²) in [4.78, 5) is 76.9. The largest absolute Gasteiger partial charge is 0.399 e. The number of primary amides is 1. The first-order chi connectivity index (χ1) is 24.0. The first-order valence-electron chi connectivity index (χ1n) is 16.3. The minimum absolute atomic E-state index is 0.0240. The number of halogens is 4. The van der Waals surface area contributed by atoms with Crippen LogP contribution in [0.4, 0.5) is 17.6 Å². The van der Waals surface area contributed by atoms with E-state index in [-0.39, 0.29) is 54.7 Å². The van der Waals surface area contributed by atoms with Crippen molar-refractivity contribution in [1.29, 1.82) is 0 Å². The number of rotatable bonds is 9. The second kappa shape index (κ2) is 14.3. The summed E-state index contributed by atoms with van der Waals surface area (Å²) in [5, 5.41) is 2.71. The van der Waals surface area contributed by atoms with Crippen molar-refractivity contribution in [3.05, 3.63) is 70.6 Å². The molecule has 0 aliphatic carbocycles. The molecule has 3 fully saturated rings. The van der Waals surface area contributed by atoms with Gasteiger partial charge in [0.2, 0.25) is 17.7 Å². The van der Waals surface area contributed by atoms with Gasteiger partial charge in [0.15, 0.2) is 0 Å². The van der Waals surface area contributed by atoms with Gasteiger partial charge in [0.1, 0.15) is 12.1 Å². The summed E-state index contributed by atoms with van der Waals surface area (Å²) in [6, 6.07) is 10.6. The van der Waals surface area contributed by atoms with Gasteiger partial charge >= 0.3 is 13.3 Å². The Hall–Kier alpha value is -3.89. The highest BCUT2D eigenvalue weighted by Crippen LogP contribution is 2.59. The summed E-state index contributed by atoms with van der Waals surface area (Å²) in [7, 11) is -5.85. The van der Waals surface area contributed by atoms with E-state index in [0.29, 0.717) is 17.5 Å². The molecule has 274 valence electrons. The van der Waals surface area contributed by atoms with E-state index >= 15 is 0 Å². The van der Waals surface area contributed by atoms with Crippen LogP contribution < -0.4 is 11.1 Å². The Morgan fingerprint density at radius 3 is 2.41 bits per heavy atom. The zero-order valence-corrected chi connectivity index (χ0v) is 28.8. The molecule has 1 aromatic heterocycles. The molecular formula is C33H36F4N5O7PS. The standard InChI is InChI=1S/C33H36F4N5O7PS/c34-28(35)17-40-11-10-21-7-8-25(32(46)41-14-22(23(15-41)29(38)43)18-4-2-1-3-5-18)42(21)31(45)24(16-40)39-30(44)27-13-19-12-20(6-9-26(19)51-27)33(36,37)50(47,48)49/h1-6,9,12-13,21-25,28H,7-8,10-11,14-17H2,(H2,38,43)(H,39,44)(H2,47,48,49)/t21-,22+,23-,24+,25+/m1/s1. The van der Waals surface area contributed by atoms with Crippen LogP contribution in [-0.2, 0) is 24.6 Å². The Labute approximate surface area is 293 Å². The minimum atomic E-state index is -5.85. The average molecular weight is 754 g/mol. The van der Waals surface area contributed by atoms with Crippen LogP contribution in [0.25, 0.3) is 10.1 Å².